The van der Waals surface area contributed by atoms with Crippen LogP contribution in [0.3, 0.4) is 0 Å². The number of cyclic esters (lactones) is 1. The van der Waals surface area contributed by atoms with Gasteiger partial charge in [-0.15, -0.1) is 0 Å². The number of benzene rings is 1. The van der Waals surface area contributed by atoms with Crippen LogP contribution in [0, 0.1) is 15.5 Å². The molecule has 1 aromatic rings. The molecular formula is C13H12BrNO5. The highest BCUT2D eigenvalue weighted by Gasteiger charge is 2.49. The highest BCUT2D eigenvalue weighted by Crippen LogP contribution is 2.37. The predicted octanol–water partition coefficient (Wildman–Crippen LogP) is 2.42. The van der Waals surface area contributed by atoms with Crippen LogP contribution in [0.1, 0.15) is 18.9 Å². The summed E-state index contributed by atoms with van der Waals surface area (Å²) in [7, 11) is 0. The number of nitro groups is 1. The molecule has 0 aromatic heterocycles. The zero-order valence-corrected chi connectivity index (χ0v) is 12.3. The molecule has 7 heteroatoms. The number of hydrogen-bond acceptors (Lipinski definition) is 5. The van der Waals surface area contributed by atoms with E-state index < -0.39 is 16.3 Å². The van der Waals surface area contributed by atoms with Gasteiger partial charge in [-0.05, 0) is 13.0 Å². The van der Waals surface area contributed by atoms with Crippen LogP contribution in [0.15, 0.2) is 22.7 Å². The molecular weight excluding hydrogens is 330 g/mol. The van der Waals surface area contributed by atoms with Gasteiger partial charge in [0.2, 0.25) is 0 Å². The Bertz CT molecular complexity index is 600. The number of nitro benzene ring substituents is 1. The minimum atomic E-state index is -1.29. The van der Waals surface area contributed by atoms with Crippen molar-refractivity contribution in [2.24, 2.45) is 5.41 Å². The molecule has 6 nitrogen and oxygen atoms in total. The zero-order chi connectivity index (χ0) is 14.9. The molecule has 0 aliphatic carbocycles. The van der Waals surface area contributed by atoms with Crippen molar-refractivity contribution in [2.75, 3.05) is 6.61 Å². The summed E-state index contributed by atoms with van der Waals surface area (Å²) in [5.74, 6) is -0.917. The van der Waals surface area contributed by atoms with Gasteiger partial charge in [-0.1, -0.05) is 22.0 Å². The highest BCUT2D eigenvalue weighted by molar-refractivity contribution is 9.10. The number of Topliss-reactive ketones (excluding diaryl/α,β-unsaturated/α-hetero) is 1. The lowest BCUT2D eigenvalue weighted by Gasteiger charge is -2.21. The number of nitrogens with zero attached hydrogens (tertiary/aromatic N) is 1. The number of ketones is 1. The first-order valence-corrected chi connectivity index (χ1v) is 6.77. The summed E-state index contributed by atoms with van der Waals surface area (Å²) >= 11 is 3.17. The fourth-order valence-corrected chi connectivity index (χ4v) is 2.69. The predicted molar refractivity (Wildman–Crippen MR) is 73.2 cm³/mol. The van der Waals surface area contributed by atoms with E-state index in [9.17, 15) is 19.7 Å². The minimum absolute atomic E-state index is 0.00917. The monoisotopic (exact) mass is 341 g/mol. The Morgan fingerprint density at radius 3 is 2.75 bits per heavy atom. The van der Waals surface area contributed by atoms with Crippen molar-refractivity contribution in [3.05, 3.63) is 38.3 Å². The third kappa shape index (κ3) is 2.45. The topological polar surface area (TPSA) is 86.5 Å². The quantitative estimate of drug-likeness (QED) is 0.363. The lowest BCUT2D eigenvalue weighted by molar-refractivity contribution is -0.385. The van der Waals surface area contributed by atoms with Crippen molar-refractivity contribution in [2.45, 2.75) is 19.8 Å². The molecule has 106 valence electrons. The van der Waals surface area contributed by atoms with Crippen LogP contribution in [0.25, 0.3) is 0 Å². The van der Waals surface area contributed by atoms with Gasteiger partial charge in [-0.25, -0.2) is 0 Å². The molecule has 1 saturated heterocycles. The van der Waals surface area contributed by atoms with Crippen LogP contribution in [-0.2, 0) is 20.7 Å². The Hall–Kier alpha value is -1.76. The van der Waals surface area contributed by atoms with Crippen molar-refractivity contribution >= 4 is 33.4 Å². The Labute approximate surface area is 123 Å². The second-order valence-electron chi connectivity index (χ2n) is 4.73. The van der Waals surface area contributed by atoms with E-state index in [2.05, 4.69) is 15.9 Å². The zero-order valence-electron chi connectivity index (χ0n) is 10.7. The molecule has 1 unspecified atom stereocenters. The molecule has 1 aromatic carbocycles. The largest absolute Gasteiger partial charge is 0.465 e. The summed E-state index contributed by atoms with van der Waals surface area (Å²) < 4.78 is 5.46. The van der Waals surface area contributed by atoms with E-state index >= 15 is 0 Å². The first kappa shape index (κ1) is 14.6. The normalized spacial score (nSPS) is 21.6. The second kappa shape index (κ2) is 5.32. The van der Waals surface area contributed by atoms with E-state index in [0.29, 0.717) is 10.0 Å². The van der Waals surface area contributed by atoms with Gasteiger partial charge in [-0.2, -0.15) is 0 Å². The number of rotatable bonds is 4. The van der Waals surface area contributed by atoms with Crippen LogP contribution < -0.4 is 0 Å². The molecule has 1 aliphatic rings. The maximum atomic E-state index is 11.9. The third-order valence-electron chi connectivity index (χ3n) is 3.56. The summed E-state index contributed by atoms with van der Waals surface area (Å²) in [6, 6.07) is 4.57. The highest BCUT2D eigenvalue weighted by atomic mass is 79.9. The molecule has 1 atom stereocenters. The number of halogens is 1. The van der Waals surface area contributed by atoms with Gasteiger partial charge in [0.1, 0.15) is 11.2 Å². The molecule has 1 fully saturated rings. The molecule has 20 heavy (non-hydrogen) atoms. The first-order chi connectivity index (χ1) is 9.36. The fraction of sp³-hybridized carbons (Fsp3) is 0.385. The summed E-state index contributed by atoms with van der Waals surface area (Å²) in [5.41, 5.74) is -1.05. The van der Waals surface area contributed by atoms with Gasteiger partial charge in [0.25, 0.3) is 5.69 Å². The summed E-state index contributed by atoms with van der Waals surface area (Å²) in [6.45, 7) is 1.49. The molecule has 0 bridgehead atoms. The van der Waals surface area contributed by atoms with Crippen LogP contribution in [-0.4, -0.2) is 23.3 Å². The van der Waals surface area contributed by atoms with Crippen molar-refractivity contribution in [3.63, 3.8) is 0 Å². The Morgan fingerprint density at radius 2 is 2.25 bits per heavy atom. The van der Waals surface area contributed by atoms with E-state index in [-0.39, 0.29) is 30.9 Å². The van der Waals surface area contributed by atoms with Crippen molar-refractivity contribution < 1.29 is 19.2 Å². The van der Waals surface area contributed by atoms with E-state index in [1.807, 2.05) is 0 Å². The smallest absolute Gasteiger partial charge is 0.320 e. The van der Waals surface area contributed by atoms with Crippen molar-refractivity contribution in [3.8, 4) is 0 Å². The summed E-state index contributed by atoms with van der Waals surface area (Å²) in [5, 5.41) is 11.1. The Balaban J connectivity index is 2.45. The molecule has 0 spiro atoms. The molecule has 1 aliphatic heterocycles. The third-order valence-corrected chi connectivity index (χ3v) is 4.06. The minimum Gasteiger partial charge on any atom is -0.465 e. The van der Waals surface area contributed by atoms with Gasteiger partial charge in [0.15, 0.2) is 0 Å². The molecule has 0 radical (unpaired) electrons. The summed E-state index contributed by atoms with van der Waals surface area (Å²) in [6.07, 6.45) is 0.249. The number of carbonyl (C=O) groups is 2. The summed E-state index contributed by atoms with van der Waals surface area (Å²) in [4.78, 5) is 34.3. The van der Waals surface area contributed by atoms with E-state index in [1.165, 1.54) is 13.0 Å². The standard InChI is InChI=1S/C13H12BrNO5/c1-8(16)13(4-5-20-12(13)17)7-9-2-3-10(14)6-11(9)15(18)19/h2-3,6H,4-5,7H2,1H3. The first-order valence-electron chi connectivity index (χ1n) is 5.98. The Kier molecular flexibility index (Phi) is 3.89. The number of ether oxygens (including phenoxy) is 1. The van der Waals surface area contributed by atoms with Gasteiger partial charge in [0, 0.05) is 28.9 Å². The molecule has 0 saturated carbocycles. The lowest BCUT2D eigenvalue weighted by atomic mass is 9.77. The van der Waals surface area contributed by atoms with Crippen LogP contribution in [0.5, 0.6) is 0 Å². The van der Waals surface area contributed by atoms with Gasteiger partial charge in [0.05, 0.1) is 11.5 Å². The second-order valence-corrected chi connectivity index (χ2v) is 5.65. The molecule has 0 amide bonds. The van der Waals surface area contributed by atoms with Gasteiger partial charge in [-0.3, -0.25) is 19.7 Å². The number of hydrogen-bond donors (Lipinski definition) is 0. The fourth-order valence-electron chi connectivity index (χ4n) is 2.34. The maximum absolute atomic E-state index is 11.9. The van der Waals surface area contributed by atoms with Crippen molar-refractivity contribution in [1.29, 1.82) is 0 Å². The molecule has 1 heterocycles. The van der Waals surface area contributed by atoms with Crippen LogP contribution in [0.2, 0.25) is 0 Å². The van der Waals surface area contributed by atoms with E-state index in [0.717, 1.165) is 0 Å². The average molecular weight is 342 g/mol. The number of esters is 1. The van der Waals surface area contributed by atoms with Gasteiger partial charge >= 0.3 is 5.97 Å². The molecule has 2 rings (SSSR count). The lowest BCUT2D eigenvalue weighted by Crippen LogP contribution is -2.36. The van der Waals surface area contributed by atoms with Crippen molar-refractivity contribution in [1.82, 2.24) is 0 Å². The van der Waals surface area contributed by atoms with Crippen LogP contribution in [0.4, 0.5) is 5.69 Å². The van der Waals surface area contributed by atoms with E-state index in [4.69, 9.17) is 4.74 Å². The maximum Gasteiger partial charge on any atom is 0.320 e. The van der Waals surface area contributed by atoms with Crippen LogP contribution >= 0.6 is 15.9 Å². The average Bonchev–Trinajstić information content (AvgIpc) is 2.74. The van der Waals surface area contributed by atoms with E-state index in [1.54, 1.807) is 12.1 Å². The number of carbonyl (C=O) groups excluding carboxylic acids is 2. The molecule has 0 N–H and O–H groups in total. The SMILES string of the molecule is CC(=O)C1(Cc2ccc(Br)cc2[N+](=O)[O-])CCOC1=O. The Morgan fingerprint density at radius 1 is 1.55 bits per heavy atom. The van der Waals surface area contributed by atoms with Gasteiger partial charge < -0.3 is 4.74 Å².